The Kier molecular flexibility index (Phi) is 13.0. The van der Waals surface area contributed by atoms with Crippen LogP contribution in [0.1, 0.15) is 11.3 Å². The van der Waals surface area contributed by atoms with Crippen LogP contribution in [0.15, 0.2) is 66.7 Å². The van der Waals surface area contributed by atoms with Crippen LogP contribution in [0.2, 0.25) is 0 Å². The molecule has 1 heterocycles. The van der Waals surface area contributed by atoms with E-state index in [2.05, 4.69) is 65.2 Å². The molecule has 7 rings (SSSR count). The Morgan fingerprint density at radius 2 is 0.609 bits per heavy atom. The SMILES string of the molecule is ClCc1ccc2ccccc2[n+]1Cc1ccccc1.Fc1c(F)c(F)c([B-](c2c(F)c(F)c(F)c(F)c2F)(c2c(F)c(F)c(F)c(F)c2F)c2c(F)c(F)c(F)c(F)c2F)c(F)c1F. The molecule has 1 aromatic heterocycles. The highest BCUT2D eigenvalue weighted by molar-refractivity contribution is 7.20. The van der Waals surface area contributed by atoms with Gasteiger partial charge >= 0.3 is 0 Å². The van der Waals surface area contributed by atoms with Crippen molar-refractivity contribution in [2.75, 3.05) is 0 Å². The van der Waals surface area contributed by atoms with Gasteiger partial charge in [-0.3, -0.25) is 0 Å². The lowest BCUT2D eigenvalue weighted by Crippen LogP contribution is -2.81. The average molecular weight is 948 g/mol. The summed E-state index contributed by atoms with van der Waals surface area (Å²) in [5, 5.41) is 1.24. The van der Waals surface area contributed by atoms with E-state index < -0.39 is 144 Å². The lowest BCUT2D eigenvalue weighted by atomic mass is 9.12. The molecule has 6 aromatic carbocycles. The van der Waals surface area contributed by atoms with Crippen LogP contribution in [0.5, 0.6) is 0 Å². The van der Waals surface area contributed by atoms with E-state index in [1.54, 1.807) is 0 Å². The molecule has 0 amide bonds. The molecule has 0 atom stereocenters. The molecule has 0 saturated heterocycles. The zero-order valence-electron chi connectivity index (χ0n) is 30.7. The van der Waals surface area contributed by atoms with E-state index in [9.17, 15) is 52.7 Å². The number of hydrogen-bond acceptors (Lipinski definition) is 0. The van der Waals surface area contributed by atoms with E-state index in [0.717, 1.165) is 12.2 Å². The molecular weight excluding hydrogens is 933 g/mol. The average Bonchev–Trinajstić information content (AvgIpc) is 3.29. The van der Waals surface area contributed by atoms with E-state index in [0.29, 0.717) is 5.88 Å². The third-order valence-corrected chi connectivity index (χ3v) is 10.3. The van der Waals surface area contributed by atoms with Gasteiger partial charge in [0.25, 0.3) is 0 Å². The predicted octanol–water partition coefficient (Wildman–Crippen LogP) is 9.76. The van der Waals surface area contributed by atoms with Gasteiger partial charge in [0.15, 0.2) is 82.0 Å². The van der Waals surface area contributed by atoms with Crippen molar-refractivity contribution in [2.24, 2.45) is 0 Å². The summed E-state index contributed by atoms with van der Waals surface area (Å²) in [6, 6.07) is 23.1. The second-order valence-corrected chi connectivity index (χ2v) is 13.7. The Bertz CT molecular complexity index is 2640. The number of fused-ring (bicyclic) bond motifs is 1. The number of alkyl halides is 1. The zero-order chi connectivity index (χ0) is 47.4. The number of pyridine rings is 1. The monoisotopic (exact) mass is 947 g/mol. The van der Waals surface area contributed by atoms with Crippen molar-refractivity contribution < 1.29 is 92.4 Å². The summed E-state index contributed by atoms with van der Waals surface area (Å²) in [7, 11) is 0. The fourth-order valence-corrected chi connectivity index (χ4v) is 7.48. The minimum Gasteiger partial charge on any atom is -0.207 e. The first-order valence-corrected chi connectivity index (χ1v) is 17.9. The molecule has 0 radical (unpaired) electrons. The van der Waals surface area contributed by atoms with Crippen molar-refractivity contribution in [3.8, 4) is 0 Å². The Hall–Kier alpha value is -6.32. The fourth-order valence-electron chi connectivity index (χ4n) is 7.25. The molecule has 0 bridgehead atoms. The van der Waals surface area contributed by atoms with Crippen LogP contribution in [-0.4, -0.2) is 6.15 Å². The maximum atomic E-state index is 15.4. The highest BCUT2D eigenvalue weighted by atomic mass is 35.5. The minimum absolute atomic E-state index is 0.525. The van der Waals surface area contributed by atoms with Crippen molar-refractivity contribution in [3.05, 3.63) is 194 Å². The van der Waals surface area contributed by atoms with E-state index in [1.807, 2.05) is 6.07 Å². The first-order chi connectivity index (χ1) is 30.1. The molecule has 0 aliphatic rings. The summed E-state index contributed by atoms with van der Waals surface area (Å²) < 4.78 is 296. The molecule has 0 N–H and O–H groups in total. The van der Waals surface area contributed by atoms with Crippen LogP contribution in [-0.2, 0) is 12.4 Å². The van der Waals surface area contributed by atoms with E-state index >= 15 is 35.1 Å². The number of para-hydroxylation sites is 1. The molecule has 334 valence electrons. The number of benzene rings is 6. The van der Waals surface area contributed by atoms with Gasteiger partial charge in [0, 0.05) is 23.1 Å². The smallest absolute Gasteiger partial charge is 0.207 e. The third-order valence-electron chi connectivity index (χ3n) is 10.1. The van der Waals surface area contributed by atoms with Crippen LogP contribution in [0, 0.1) is 116 Å². The second kappa shape index (κ2) is 17.7. The first kappa shape index (κ1) is 47.2. The fraction of sp³-hybridized carbons (Fsp3) is 0.0488. The highest BCUT2D eigenvalue weighted by Crippen LogP contribution is 2.31. The molecule has 23 heteroatoms. The van der Waals surface area contributed by atoms with Crippen LogP contribution in [0.4, 0.5) is 87.8 Å². The van der Waals surface area contributed by atoms with Crippen molar-refractivity contribution >= 4 is 50.5 Å². The van der Waals surface area contributed by atoms with Gasteiger partial charge in [0.1, 0.15) is 58.6 Å². The number of aromatic nitrogens is 1. The van der Waals surface area contributed by atoms with Gasteiger partial charge in [-0.15, -0.1) is 33.5 Å². The molecule has 0 spiro atoms. The van der Waals surface area contributed by atoms with Gasteiger partial charge in [0.2, 0.25) is 5.52 Å². The quantitative estimate of drug-likeness (QED) is 0.0375. The Morgan fingerprint density at radius 1 is 0.328 bits per heavy atom. The molecule has 1 nitrogen and oxygen atoms in total. The van der Waals surface area contributed by atoms with Crippen molar-refractivity contribution in [3.63, 3.8) is 0 Å². The second-order valence-electron chi connectivity index (χ2n) is 13.4. The van der Waals surface area contributed by atoms with Gasteiger partial charge < -0.3 is 0 Å². The lowest BCUT2D eigenvalue weighted by Gasteiger charge is -2.44. The number of rotatable bonds is 7. The Labute approximate surface area is 349 Å². The van der Waals surface area contributed by atoms with Crippen LogP contribution in [0.25, 0.3) is 10.9 Å². The predicted molar refractivity (Wildman–Crippen MR) is 188 cm³/mol. The lowest BCUT2D eigenvalue weighted by molar-refractivity contribution is -0.669. The van der Waals surface area contributed by atoms with E-state index in [1.165, 1.54) is 16.5 Å². The topological polar surface area (TPSA) is 3.88 Å². The standard InChI is InChI=1S/C24BF20.C17H15ClN/c26-5-1(6(27)14(35)21(42)13(5)34)25(2-7(28)15(36)22(43)16(37)8(2)29,3-9(30)17(38)23(44)18(39)10(3)31)4-11(32)19(40)24(45)20(41)12(4)33;18-12-16-11-10-15-8-4-5-9-17(15)19(16)13-14-6-2-1-3-7-14/h;1-11H,12-13H2/q-1;+1. The maximum absolute atomic E-state index is 15.4. The van der Waals surface area contributed by atoms with Gasteiger partial charge in [0.05, 0.1) is 0 Å². The summed E-state index contributed by atoms with van der Waals surface area (Å²) in [6.45, 7) is 0.851. The van der Waals surface area contributed by atoms with E-state index in [-0.39, 0.29) is 0 Å². The van der Waals surface area contributed by atoms with Gasteiger partial charge in [-0.2, -0.15) is 4.57 Å². The molecule has 0 saturated carbocycles. The molecule has 0 unspecified atom stereocenters. The van der Waals surface area contributed by atoms with Gasteiger partial charge in [-0.1, -0.05) is 42.5 Å². The maximum Gasteiger partial charge on any atom is 0.213 e. The first-order valence-electron chi connectivity index (χ1n) is 17.3. The highest BCUT2D eigenvalue weighted by Gasteiger charge is 2.52. The summed E-state index contributed by atoms with van der Waals surface area (Å²) in [5.74, 6) is -70.9. The summed E-state index contributed by atoms with van der Waals surface area (Å²) >= 11 is 6.08. The van der Waals surface area contributed by atoms with Gasteiger partial charge in [-0.25, -0.2) is 87.8 Å². The summed E-state index contributed by atoms with van der Waals surface area (Å²) in [6.07, 6.45) is -7.22. The molecule has 7 aromatic rings. The van der Waals surface area contributed by atoms with Crippen molar-refractivity contribution in [1.82, 2.24) is 0 Å². The van der Waals surface area contributed by atoms with Crippen LogP contribution in [0.3, 0.4) is 0 Å². The van der Waals surface area contributed by atoms with Gasteiger partial charge in [-0.05, 0) is 12.1 Å². The van der Waals surface area contributed by atoms with Crippen molar-refractivity contribution in [1.29, 1.82) is 0 Å². The minimum atomic E-state index is -7.22. The Balaban J connectivity index is 0.000000295. The van der Waals surface area contributed by atoms with Crippen LogP contribution < -0.4 is 26.4 Å². The summed E-state index contributed by atoms with van der Waals surface area (Å²) in [4.78, 5) is 0. The summed E-state index contributed by atoms with van der Waals surface area (Å²) in [5.41, 5.74) is -10.7. The number of halogens is 21. The molecular formula is C41H15BClF20N. The molecule has 64 heavy (non-hydrogen) atoms. The molecule has 0 aliphatic heterocycles. The molecule has 0 aliphatic carbocycles. The molecule has 0 fully saturated rings. The van der Waals surface area contributed by atoms with E-state index in [4.69, 9.17) is 11.6 Å². The van der Waals surface area contributed by atoms with Crippen molar-refractivity contribution in [2.45, 2.75) is 12.4 Å². The Morgan fingerprint density at radius 3 is 0.922 bits per heavy atom. The normalized spacial score (nSPS) is 11.6. The third kappa shape index (κ3) is 7.24. The zero-order valence-corrected chi connectivity index (χ0v) is 31.5. The number of nitrogens with zero attached hydrogens (tertiary/aromatic N) is 1. The largest absolute Gasteiger partial charge is 0.213 e. The van der Waals surface area contributed by atoms with Crippen LogP contribution >= 0.6 is 11.6 Å². The number of hydrogen-bond donors (Lipinski definition) is 0.